The molecule has 3 aliphatic rings. The molecule has 0 aliphatic heterocycles. The van der Waals surface area contributed by atoms with Crippen LogP contribution in [0, 0.1) is 5.92 Å². The Morgan fingerprint density at radius 1 is 1.00 bits per heavy atom. The molecular weight excluding hydrogens is 332 g/mol. The number of nitrogens with one attached hydrogen (secondary N) is 2. The highest BCUT2D eigenvalue weighted by molar-refractivity contribution is 5.92. The largest absolute Gasteiger partial charge is 0.360 e. The van der Waals surface area contributed by atoms with Crippen LogP contribution in [-0.4, -0.2) is 35.1 Å². The van der Waals surface area contributed by atoms with E-state index < -0.39 is 0 Å². The molecule has 4 rings (SSSR count). The van der Waals surface area contributed by atoms with E-state index in [1.165, 1.54) is 0 Å². The van der Waals surface area contributed by atoms with Gasteiger partial charge in [-0.15, -0.1) is 0 Å². The first kappa shape index (κ1) is 17.5. The van der Waals surface area contributed by atoms with E-state index in [4.69, 9.17) is 10.3 Å². The number of amides is 2. The number of nitrogens with two attached hydrogens (primary N) is 1. The fraction of sp³-hybridized carbons (Fsp3) is 0.737. The predicted molar refractivity (Wildman–Crippen MR) is 95.4 cm³/mol. The second kappa shape index (κ2) is 7.39. The van der Waals surface area contributed by atoms with Crippen LogP contribution in [0.5, 0.6) is 0 Å². The molecule has 7 nitrogen and oxygen atoms in total. The van der Waals surface area contributed by atoms with Crippen molar-refractivity contribution in [2.45, 2.75) is 81.8 Å². The van der Waals surface area contributed by atoms with Gasteiger partial charge in [0, 0.05) is 36.0 Å². The Morgan fingerprint density at radius 3 is 2.31 bits per heavy atom. The van der Waals surface area contributed by atoms with E-state index in [1.54, 1.807) is 6.07 Å². The van der Waals surface area contributed by atoms with E-state index in [0.717, 1.165) is 63.5 Å². The Balaban J connectivity index is 1.20. The molecule has 3 aliphatic carbocycles. The molecule has 3 saturated carbocycles. The van der Waals surface area contributed by atoms with Gasteiger partial charge in [0.15, 0.2) is 5.69 Å². The summed E-state index contributed by atoms with van der Waals surface area (Å²) < 4.78 is 5.25. The molecule has 0 bridgehead atoms. The minimum absolute atomic E-state index is 0.0789. The van der Waals surface area contributed by atoms with Gasteiger partial charge in [0.1, 0.15) is 5.76 Å². The molecule has 1 aromatic rings. The average molecular weight is 360 g/mol. The highest BCUT2D eigenvalue weighted by Gasteiger charge is 2.32. The molecule has 26 heavy (non-hydrogen) atoms. The van der Waals surface area contributed by atoms with Crippen molar-refractivity contribution in [1.82, 2.24) is 15.8 Å². The molecule has 0 unspecified atom stereocenters. The van der Waals surface area contributed by atoms with E-state index in [-0.39, 0.29) is 35.9 Å². The first-order valence-corrected chi connectivity index (χ1v) is 9.92. The standard InChI is InChI=1S/C19H28N4O3/c20-13-4-3-12(9-13)18(24)21-14-5-7-15(8-6-14)22-19(25)16-10-17(26-23-16)11-1-2-11/h10-15H,1-9,20H2,(H,21,24)(H,22,25)/t12-,13+,14?,15?/m0/s1. The summed E-state index contributed by atoms with van der Waals surface area (Å²) >= 11 is 0. The lowest BCUT2D eigenvalue weighted by atomic mass is 9.90. The SMILES string of the molecule is N[C@@H]1CC[C@H](C(=O)NC2CCC(NC(=O)c3cc(C4CC4)on3)CC2)C1. The number of hydrogen-bond acceptors (Lipinski definition) is 5. The molecule has 0 aromatic carbocycles. The maximum atomic E-state index is 12.3. The molecule has 142 valence electrons. The maximum Gasteiger partial charge on any atom is 0.273 e. The monoisotopic (exact) mass is 360 g/mol. The number of rotatable bonds is 5. The number of carbonyl (C=O) groups excluding carboxylic acids is 2. The summed E-state index contributed by atoms with van der Waals surface area (Å²) in [5.74, 6) is 1.36. The zero-order chi connectivity index (χ0) is 18.1. The first-order valence-electron chi connectivity index (χ1n) is 9.92. The van der Waals surface area contributed by atoms with Crippen LogP contribution in [0.4, 0.5) is 0 Å². The Kier molecular flexibility index (Phi) is 4.98. The Hall–Kier alpha value is -1.89. The van der Waals surface area contributed by atoms with E-state index in [9.17, 15) is 9.59 Å². The van der Waals surface area contributed by atoms with Crippen LogP contribution in [0.15, 0.2) is 10.6 Å². The van der Waals surface area contributed by atoms with Gasteiger partial charge in [-0.1, -0.05) is 5.16 Å². The summed E-state index contributed by atoms with van der Waals surface area (Å²) in [7, 11) is 0. The van der Waals surface area contributed by atoms with Crippen molar-refractivity contribution < 1.29 is 14.1 Å². The summed E-state index contributed by atoms with van der Waals surface area (Å²) in [5.41, 5.74) is 6.27. The lowest BCUT2D eigenvalue weighted by molar-refractivity contribution is -0.125. The molecule has 1 aromatic heterocycles. The van der Waals surface area contributed by atoms with E-state index >= 15 is 0 Å². The molecular formula is C19H28N4O3. The maximum absolute atomic E-state index is 12.3. The van der Waals surface area contributed by atoms with Gasteiger partial charge in [0.05, 0.1) is 0 Å². The average Bonchev–Trinajstić information content (AvgIpc) is 3.19. The van der Waals surface area contributed by atoms with Crippen molar-refractivity contribution in [3.05, 3.63) is 17.5 Å². The van der Waals surface area contributed by atoms with Gasteiger partial charge in [-0.25, -0.2) is 0 Å². The molecule has 1 heterocycles. The molecule has 0 saturated heterocycles. The van der Waals surface area contributed by atoms with Gasteiger partial charge in [-0.2, -0.15) is 0 Å². The number of aromatic nitrogens is 1. The van der Waals surface area contributed by atoms with Crippen molar-refractivity contribution in [2.75, 3.05) is 0 Å². The normalized spacial score (nSPS) is 31.6. The van der Waals surface area contributed by atoms with Gasteiger partial charge in [0.2, 0.25) is 5.91 Å². The van der Waals surface area contributed by atoms with Crippen LogP contribution in [0.1, 0.15) is 80.0 Å². The number of hydrogen-bond donors (Lipinski definition) is 3. The van der Waals surface area contributed by atoms with E-state index in [2.05, 4.69) is 15.8 Å². The van der Waals surface area contributed by atoms with Crippen LogP contribution >= 0.6 is 0 Å². The minimum Gasteiger partial charge on any atom is -0.360 e. The highest BCUT2D eigenvalue weighted by Crippen LogP contribution is 2.40. The Bertz CT molecular complexity index is 661. The fourth-order valence-electron chi connectivity index (χ4n) is 4.17. The molecule has 0 spiro atoms. The van der Waals surface area contributed by atoms with Crippen molar-refractivity contribution in [2.24, 2.45) is 11.7 Å². The smallest absolute Gasteiger partial charge is 0.273 e. The third kappa shape index (κ3) is 4.09. The van der Waals surface area contributed by atoms with Gasteiger partial charge >= 0.3 is 0 Å². The molecule has 7 heteroatoms. The molecule has 2 atom stereocenters. The zero-order valence-electron chi connectivity index (χ0n) is 15.1. The van der Waals surface area contributed by atoms with E-state index in [0.29, 0.717) is 11.6 Å². The summed E-state index contributed by atoms with van der Waals surface area (Å²) in [6.45, 7) is 0. The summed E-state index contributed by atoms with van der Waals surface area (Å²) in [5, 5.41) is 10.1. The Morgan fingerprint density at radius 2 is 1.69 bits per heavy atom. The van der Waals surface area contributed by atoms with Crippen LogP contribution in [0.3, 0.4) is 0 Å². The second-order valence-corrected chi connectivity index (χ2v) is 8.19. The van der Waals surface area contributed by atoms with Gasteiger partial charge in [0.25, 0.3) is 5.91 Å². The van der Waals surface area contributed by atoms with Gasteiger partial charge in [-0.3, -0.25) is 9.59 Å². The summed E-state index contributed by atoms with van der Waals surface area (Å²) in [4.78, 5) is 24.6. The third-order valence-electron chi connectivity index (χ3n) is 5.99. The third-order valence-corrected chi connectivity index (χ3v) is 5.99. The summed E-state index contributed by atoms with van der Waals surface area (Å²) in [6.07, 6.45) is 8.42. The van der Waals surface area contributed by atoms with Crippen LogP contribution in [0.25, 0.3) is 0 Å². The van der Waals surface area contributed by atoms with Gasteiger partial charge in [-0.05, 0) is 57.8 Å². The molecule has 2 amide bonds. The van der Waals surface area contributed by atoms with Crippen LogP contribution < -0.4 is 16.4 Å². The lowest BCUT2D eigenvalue weighted by Gasteiger charge is -2.30. The quantitative estimate of drug-likeness (QED) is 0.742. The lowest BCUT2D eigenvalue weighted by Crippen LogP contribution is -2.45. The molecule has 3 fully saturated rings. The van der Waals surface area contributed by atoms with Crippen LogP contribution in [0.2, 0.25) is 0 Å². The second-order valence-electron chi connectivity index (χ2n) is 8.19. The molecule has 4 N–H and O–H groups in total. The van der Waals surface area contributed by atoms with E-state index in [1.807, 2.05) is 0 Å². The number of nitrogens with zero attached hydrogens (tertiary/aromatic N) is 1. The zero-order valence-corrected chi connectivity index (χ0v) is 15.1. The molecule has 0 radical (unpaired) electrons. The van der Waals surface area contributed by atoms with Crippen molar-refractivity contribution in [1.29, 1.82) is 0 Å². The summed E-state index contributed by atoms with van der Waals surface area (Å²) in [6, 6.07) is 2.29. The van der Waals surface area contributed by atoms with Crippen molar-refractivity contribution in [3.63, 3.8) is 0 Å². The predicted octanol–water partition coefficient (Wildman–Crippen LogP) is 1.84. The van der Waals surface area contributed by atoms with Gasteiger partial charge < -0.3 is 20.9 Å². The number of carbonyl (C=O) groups is 2. The fourth-order valence-corrected chi connectivity index (χ4v) is 4.17. The van der Waals surface area contributed by atoms with Crippen LogP contribution in [-0.2, 0) is 4.79 Å². The van der Waals surface area contributed by atoms with Crippen molar-refractivity contribution >= 4 is 11.8 Å². The minimum atomic E-state index is -0.159. The topological polar surface area (TPSA) is 110 Å². The van der Waals surface area contributed by atoms with Crippen molar-refractivity contribution in [3.8, 4) is 0 Å². The first-order chi connectivity index (χ1) is 12.6. The highest BCUT2D eigenvalue weighted by atomic mass is 16.5. The Labute approximate surface area is 153 Å².